The molecule has 1 rings (SSSR count). The standard InChI is InChI=1S/C11H22N2O3/c1-11(2,3)13(4)10(14)16-8-9-7-12-5-6-15-9/h9,12H,5-8H2,1-4H3. The van der Waals surface area contributed by atoms with Gasteiger partial charge < -0.3 is 19.7 Å². The number of carbonyl (C=O) groups is 1. The number of rotatable bonds is 2. The summed E-state index contributed by atoms with van der Waals surface area (Å²) in [7, 11) is 1.74. The van der Waals surface area contributed by atoms with Gasteiger partial charge in [0.25, 0.3) is 0 Å². The van der Waals surface area contributed by atoms with Gasteiger partial charge in [0.05, 0.1) is 6.61 Å². The molecule has 0 spiro atoms. The molecule has 1 amide bonds. The first-order chi connectivity index (χ1) is 7.41. The molecule has 0 saturated carbocycles. The summed E-state index contributed by atoms with van der Waals surface area (Å²) < 4.78 is 10.6. The maximum absolute atomic E-state index is 11.7. The van der Waals surface area contributed by atoms with E-state index in [9.17, 15) is 4.79 Å². The highest BCUT2D eigenvalue weighted by atomic mass is 16.6. The Labute approximate surface area is 97.1 Å². The second-order valence-corrected chi connectivity index (χ2v) is 5.00. The molecule has 1 aliphatic heterocycles. The maximum atomic E-state index is 11.7. The van der Waals surface area contributed by atoms with Crippen LogP contribution in [0.1, 0.15) is 20.8 Å². The summed E-state index contributed by atoms with van der Waals surface area (Å²) in [6.45, 7) is 8.50. The maximum Gasteiger partial charge on any atom is 0.410 e. The normalized spacial score (nSPS) is 21.6. The van der Waals surface area contributed by atoms with E-state index >= 15 is 0 Å². The summed E-state index contributed by atoms with van der Waals surface area (Å²) in [6, 6.07) is 0. The first kappa shape index (κ1) is 13.3. The van der Waals surface area contributed by atoms with Crippen LogP contribution in [0.3, 0.4) is 0 Å². The largest absolute Gasteiger partial charge is 0.447 e. The lowest BCUT2D eigenvalue weighted by atomic mass is 10.1. The van der Waals surface area contributed by atoms with E-state index in [1.54, 1.807) is 11.9 Å². The minimum absolute atomic E-state index is 0.0222. The minimum Gasteiger partial charge on any atom is -0.447 e. The first-order valence-electron chi connectivity index (χ1n) is 5.64. The number of carbonyl (C=O) groups excluding carboxylic acids is 1. The summed E-state index contributed by atoms with van der Waals surface area (Å²) in [5.74, 6) is 0. The highest BCUT2D eigenvalue weighted by Gasteiger charge is 2.24. The van der Waals surface area contributed by atoms with Gasteiger partial charge in [-0.05, 0) is 20.8 Å². The minimum atomic E-state index is -0.304. The van der Waals surface area contributed by atoms with E-state index < -0.39 is 0 Å². The van der Waals surface area contributed by atoms with Gasteiger partial charge in [-0.2, -0.15) is 0 Å². The van der Waals surface area contributed by atoms with Crippen molar-refractivity contribution in [2.75, 3.05) is 33.4 Å². The molecular formula is C11H22N2O3. The molecule has 94 valence electrons. The second kappa shape index (κ2) is 5.50. The van der Waals surface area contributed by atoms with Crippen LogP contribution in [-0.2, 0) is 9.47 Å². The van der Waals surface area contributed by atoms with Crippen LogP contribution in [0.25, 0.3) is 0 Å². The smallest absolute Gasteiger partial charge is 0.410 e. The molecule has 0 aliphatic carbocycles. The molecule has 5 heteroatoms. The lowest BCUT2D eigenvalue weighted by Gasteiger charge is -2.32. The SMILES string of the molecule is CN(C(=O)OCC1CNCCO1)C(C)(C)C. The van der Waals surface area contributed by atoms with Gasteiger partial charge >= 0.3 is 6.09 Å². The summed E-state index contributed by atoms with van der Waals surface area (Å²) in [6.07, 6.45) is -0.326. The van der Waals surface area contributed by atoms with Crippen molar-refractivity contribution >= 4 is 6.09 Å². The van der Waals surface area contributed by atoms with Gasteiger partial charge in [-0.3, -0.25) is 0 Å². The Balaban J connectivity index is 2.29. The molecule has 1 heterocycles. The van der Waals surface area contributed by atoms with Crippen LogP contribution < -0.4 is 5.32 Å². The van der Waals surface area contributed by atoms with Crippen molar-refractivity contribution in [3.05, 3.63) is 0 Å². The molecule has 1 unspecified atom stereocenters. The topological polar surface area (TPSA) is 50.8 Å². The van der Waals surface area contributed by atoms with Gasteiger partial charge in [-0.25, -0.2) is 4.79 Å². The van der Waals surface area contributed by atoms with Crippen molar-refractivity contribution in [1.82, 2.24) is 10.2 Å². The molecule has 0 radical (unpaired) electrons. The zero-order chi connectivity index (χ0) is 12.2. The van der Waals surface area contributed by atoms with Crippen molar-refractivity contribution in [2.24, 2.45) is 0 Å². The third kappa shape index (κ3) is 3.98. The van der Waals surface area contributed by atoms with E-state index in [4.69, 9.17) is 9.47 Å². The van der Waals surface area contributed by atoms with Gasteiger partial charge in [0.2, 0.25) is 0 Å². The van der Waals surface area contributed by atoms with E-state index in [1.807, 2.05) is 20.8 Å². The van der Waals surface area contributed by atoms with Crippen molar-refractivity contribution in [3.8, 4) is 0 Å². The average molecular weight is 230 g/mol. The third-order valence-electron chi connectivity index (χ3n) is 2.68. The van der Waals surface area contributed by atoms with Crippen LogP contribution in [0.2, 0.25) is 0 Å². The quantitative estimate of drug-likeness (QED) is 0.764. The van der Waals surface area contributed by atoms with E-state index in [0.717, 1.165) is 13.1 Å². The Kier molecular flexibility index (Phi) is 4.56. The van der Waals surface area contributed by atoms with Gasteiger partial charge in [0, 0.05) is 25.7 Å². The monoisotopic (exact) mass is 230 g/mol. The molecule has 1 N–H and O–H groups in total. The Morgan fingerprint density at radius 3 is 2.75 bits per heavy atom. The Bertz CT molecular complexity index is 232. The number of nitrogens with one attached hydrogen (secondary N) is 1. The Hall–Kier alpha value is -0.810. The lowest BCUT2D eigenvalue weighted by Crippen LogP contribution is -2.45. The first-order valence-corrected chi connectivity index (χ1v) is 5.64. The van der Waals surface area contributed by atoms with Gasteiger partial charge in [0.15, 0.2) is 0 Å². The van der Waals surface area contributed by atoms with Crippen LogP contribution >= 0.6 is 0 Å². The number of amides is 1. The molecule has 0 bridgehead atoms. The van der Waals surface area contributed by atoms with Crippen molar-refractivity contribution in [3.63, 3.8) is 0 Å². The van der Waals surface area contributed by atoms with Crippen molar-refractivity contribution in [1.29, 1.82) is 0 Å². The second-order valence-electron chi connectivity index (χ2n) is 5.00. The van der Waals surface area contributed by atoms with Gasteiger partial charge in [-0.15, -0.1) is 0 Å². The number of ether oxygens (including phenoxy) is 2. The zero-order valence-corrected chi connectivity index (χ0v) is 10.6. The fourth-order valence-electron chi connectivity index (χ4n) is 1.26. The summed E-state index contributed by atoms with van der Waals surface area (Å²) in [4.78, 5) is 13.2. The van der Waals surface area contributed by atoms with E-state index in [-0.39, 0.29) is 17.7 Å². The predicted molar refractivity (Wildman–Crippen MR) is 61.5 cm³/mol. The van der Waals surface area contributed by atoms with Crippen LogP contribution in [0.5, 0.6) is 0 Å². The summed E-state index contributed by atoms with van der Waals surface area (Å²) in [5.41, 5.74) is -0.219. The molecule has 0 aromatic rings. The van der Waals surface area contributed by atoms with E-state index in [0.29, 0.717) is 13.2 Å². The van der Waals surface area contributed by atoms with Crippen molar-refractivity contribution in [2.45, 2.75) is 32.4 Å². The lowest BCUT2D eigenvalue weighted by molar-refractivity contribution is -0.0213. The number of hydrogen-bond acceptors (Lipinski definition) is 4. The number of morpholine rings is 1. The fourth-order valence-corrected chi connectivity index (χ4v) is 1.26. The zero-order valence-electron chi connectivity index (χ0n) is 10.6. The fraction of sp³-hybridized carbons (Fsp3) is 0.909. The molecule has 1 fully saturated rings. The molecule has 1 atom stereocenters. The molecule has 1 saturated heterocycles. The molecule has 0 aromatic carbocycles. The Morgan fingerprint density at radius 2 is 2.25 bits per heavy atom. The summed E-state index contributed by atoms with van der Waals surface area (Å²) in [5, 5.41) is 3.19. The molecular weight excluding hydrogens is 208 g/mol. The average Bonchev–Trinajstić information content (AvgIpc) is 2.25. The highest BCUT2D eigenvalue weighted by molar-refractivity contribution is 5.68. The van der Waals surface area contributed by atoms with E-state index in [1.165, 1.54) is 0 Å². The van der Waals surface area contributed by atoms with Gasteiger partial charge in [0.1, 0.15) is 12.7 Å². The molecule has 0 aromatic heterocycles. The Morgan fingerprint density at radius 1 is 1.56 bits per heavy atom. The number of nitrogens with zero attached hydrogens (tertiary/aromatic N) is 1. The third-order valence-corrected chi connectivity index (χ3v) is 2.68. The van der Waals surface area contributed by atoms with Crippen LogP contribution in [0.15, 0.2) is 0 Å². The predicted octanol–water partition coefficient (Wildman–Crippen LogP) is 0.842. The molecule has 1 aliphatic rings. The highest BCUT2D eigenvalue weighted by Crippen LogP contribution is 2.12. The number of hydrogen-bond donors (Lipinski definition) is 1. The van der Waals surface area contributed by atoms with Crippen molar-refractivity contribution < 1.29 is 14.3 Å². The van der Waals surface area contributed by atoms with Crippen LogP contribution in [-0.4, -0.2) is 56.0 Å². The molecule has 16 heavy (non-hydrogen) atoms. The molecule has 5 nitrogen and oxygen atoms in total. The van der Waals surface area contributed by atoms with Crippen LogP contribution in [0.4, 0.5) is 4.79 Å². The van der Waals surface area contributed by atoms with Gasteiger partial charge in [-0.1, -0.05) is 0 Å². The van der Waals surface area contributed by atoms with Crippen LogP contribution in [0, 0.1) is 0 Å². The van der Waals surface area contributed by atoms with E-state index in [2.05, 4.69) is 5.32 Å². The summed E-state index contributed by atoms with van der Waals surface area (Å²) >= 11 is 0.